The molecular weight excluding hydrogens is 406 g/mol. The zero-order chi connectivity index (χ0) is 21.9. The van der Waals surface area contributed by atoms with Crippen LogP contribution in [0, 0.1) is 5.92 Å². The van der Waals surface area contributed by atoms with Crippen molar-refractivity contribution in [3.63, 3.8) is 0 Å². The summed E-state index contributed by atoms with van der Waals surface area (Å²) in [5.74, 6) is 0.522. The lowest BCUT2D eigenvalue weighted by Crippen LogP contribution is -2.22. The summed E-state index contributed by atoms with van der Waals surface area (Å²) < 4.78 is 11.7. The molecule has 7 nitrogen and oxygen atoms in total. The molecule has 0 radical (unpaired) electrons. The standard InChI is InChI=1S/C25H27N3O4/c29-23(30)14-16-4-13-22(31-15-16)19-7-5-17(6-8-19)18-9-11-21(12-10-18)26-25-28-27-24(32-25)20-2-1-3-20/h5-12,16,20,22H,1-4,13-15H2,(H,26,28)(H,29,30)/t16-,22+/m1/s1. The third-order valence-electron chi connectivity index (χ3n) is 6.48. The predicted molar refractivity (Wildman–Crippen MR) is 120 cm³/mol. The molecule has 0 unspecified atom stereocenters. The first-order valence-electron chi connectivity index (χ1n) is 11.3. The monoisotopic (exact) mass is 433 g/mol. The fourth-order valence-corrected chi connectivity index (χ4v) is 4.34. The Morgan fingerprint density at radius 1 is 0.969 bits per heavy atom. The SMILES string of the molecule is O=C(O)C[C@H]1CC[C@@H](c2ccc(-c3ccc(Nc4nnc(C5CCC5)o4)cc3)cc2)OC1. The molecule has 2 heterocycles. The van der Waals surface area contributed by atoms with Gasteiger partial charge in [0.25, 0.3) is 0 Å². The van der Waals surface area contributed by atoms with Gasteiger partial charge in [-0.1, -0.05) is 47.9 Å². The summed E-state index contributed by atoms with van der Waals surface area (Å²) in [6, 6.07) is 17.0. The van der Waals surface area contributed by atoms with Crippen LogP contribution in [0.4, 0.5) is 11.7 Å². The second-order valence-corrected chi connectivity index (χ2v) is 8.76. The quantitative estimate of drug-likeness (QED) is 0.494. The molecule has 32 heavy (non-hydrogen) atoms. The number of aliphatic carboxylic acids is 1. The second kappa shape index (κ2) is 9.12. The molecular formula is C25H27N3O4. The Morgan fingerprint density at radius 2 is 1.69 bits per heavy atom. The molecule has 166 valence electrons. The van der Waals surface area contributed by atoms with Crippen LogP contribution >= 0.6 is 0 Å². The lowest BCUT2D eigenvalue weighted by atomic mass is 9.85. The lowest BCUT2D eigenvalue weighted by Gasteiger charge is -2.28. The van der Waals surface area contributed by atoms with Crippen molar-refractivity contribution in [1.29, 1.82) is 0 Å². The van der Waals surface area contributed by atoms with Gasteiger partial charge in [0.05, 0.1) is 19.1 Å². The fourth-order valence-electron chi connectivity index (χ4n) is 4.34. The molecule has 2 fully saturated rings. The minimum Gasteiger partial charge on any atom is -0.481 e. The summed E-state index contributed by atoms with van der Waals surface area (Å²) in [7, 11) is 0. The van der Waals surface area contributed by atoms with Gasteiger partial charge in [0.2, 0.25) is 5.89 Å². The van der Waals surface area contributed by atoms with Crippen molar-refractivity contribution < 1.29 is 19.1 Å². The summed E-state index contributed by atoms with van der Waals surface area (Å²) in [6.07, 6.45) is 5.47. The zero-order valence-electron chi connectivity index (χ0n) is 17.9. The van der Waals surface area contributed by atoms with Gasteiger partial charge in [-0.15, -0.1) is 5.10 Å². The predicted octanol–water partition coefficient (Wildman–Crippen LogP) is 5.69. The van der Waals surface area contributed by atoms with Crippen LogP contribution in [0.5, 0.6) is 0 Å². The van der Waals surface area contributed by atoms with Gasteiger partial charge in [-0.2, -0.15) is 0 Å². The summed E-state index contributed by atoms with van der Waals surface area (Å²) in [5, 5.41) is 20.4. The molecule has 2 aromatic carbocycles. The Labute approximate surface area is 186 Å². The lowest BCUT2D eigenvalue weighted by molar-refractivity contribution is -0.140. The van der Waals surface area contributed by atoms with E-state index >= 15 is 0 Å². The Bertz CT molecular complexity index is 1050. The number of hydrogen-bond donors (Lipinski definition) is 2. The molecule has 0 bridgehead atoms. The summed E-state index contributed by atoms with van der Waals surface area (Å²) in [6.45, 7) is 0.509. The molecule has 1 aliphatic heterocycles. The molecule has 1 saturated carbocycles. The molecule has 2 atom stereocenters. The minimum absolute atomic E-state index is 0.0416. The van der Waals surface area contributed by atoms with Crippen LogP contribution < -0.4 is 5.32 Å². The summed E-state index contributed by atoms with van der Waals surface area (Å²) in [4.78, 5) is 10.9. The fraction of sp³-hybridized carbons (Fsp3) is 0.400. The maximum Gasteiger partial charge on any atom is 0.320 e. The Hall–Kier alpha value is -3.19. The van der Waals surface area contributed by atoms with E-state index in [1.165, 1.54) is 6.42 Å². The number of hydrogen-bond acceptors (Lipinski definition) is 6. The van der Waals surface area contributed by atoms with E-state index in [0.717, 1.165) is 54.0 Å². The van der Waals surface area contributed by atoms with E-state index in [2.05, 4.69) is 51.9 Å². The smallest absolute Gasteiger partial charge is 0.320 e. The van der Waals surface area contributed by atoms with Gasteiger partial charge in [-0.05, 0) is 60.4 Å². The number of ether oxygens (including phenoxy) is 1. The third-order valence-corrected chi connectivity index (χ3v) is 6.48. The van der Waals surface area contributed by atoms with E-state index in [-0.39, 0.29) is 18.4 Å². The van der Waals surface area contributed by atoms with Gasteiger partial charge in [0, 0.05) is 11.6 Å². The molecule has 1 aliphatic carbocycles. The molecule has 1 saturated heterocycles. The Kier molecular flexibility index (Phi) is 5.90. The Balaban J connectivity index is 1.18. The molecule has 0 amide bonds. The first-order chi connectivity index (χ1) is 15.6. The third kappa shape index (κ3) is 4.67. The van der Waals surface area contributed by atoms with Crippen LogP contribution in [-0.2, 0) is 9.53 Å². The molecule has 3 aromatic rings. The van der Waals surface area contributed by atoms with Gasteiger partial charge >= 0.3 is 12.0 Å². The molecule has 2 N–H and O–H groups in total. The number of rotatable bonds is 7. The first kappa shape index (κ1) is 20.7. The van der Waals surface area contributed by atoms with Crippen molar-refractivity contribution in [2.45, 2.75) is 50.5 Å². The number of benzene rings is 2. The summed E-state index contributed by atoms with van der Waals surface area (Å²) >= 11 is 0. The van der Waals surface area contributed by atoms with Gasteiger partial charge < -0.3 is 19.6 Å². The normalized spacial score (nSPS) is 21.1. The van der Waals surface area contributed by atoms with Gasteiger partial charge in [-0.3, -0.25) is 4.79 Å². The van der Waals surface area contributed by atoms with Crippen molar-refractivity contribution in [1.82, 2.24) is 10.2 Å². The zero-order valence-corrected chi connectivity index (χ0v) is 17.9. The van der Waals surface area contributed by atoms with E-state index in [9.17, 15) is 4.79 Å². The average Bonchev–Trinajstić information content (AvgIpc) is 3.21. The number of carboxylic acid groups (broad SMARTS) is 1. The van der Waals surface area contributed by atoms with E-state index in [0.29, 0.717) is 18.5 Å². The van der Waals surface area contributed by atoms with Crippen LogP contribution in [0.15, 0.2) is 52.9 Å². The molecule has 7 heteroatoms. The van der Waals surface area contributed by atoms with Gasteiger partial charge in [-0.25, -0.2) is 0 Å². The highest BCUT2D eigenvalue weighted by atomic mass is 16.5. The first-order valence-corrected chi connectivity index (χ1v) is 11.3. The van der Waals surface area contributed by atoms with Crippen molar-refractivity contribution in [3.05, 3.63) is 60.0 Å². The van der Waals surface area contributed by atoms with Crippen LogP contribution in [0.3, 0.4) is 0 Å². The number of anilines is 2. The molecule has 1 aromatic heterocycles. The highest BCUT2D eigenvalue weighted by Crippen LogP contribution is 2.36. The van der Waals surface area contributed by atoms with Gasteiger partial charge in [0.15, 0.2) is 0 Å². The highest BCUT2D eigenvalue weighted by Gasteiger charge is 2.26. The molecule has 0 spiro atoms. The van der Waals surface area contributed by atoms with E-state index < -0.39 is 5.97 Å². The minimum atomic E-state index is -0.752. The van der Waals surface area contributed by atoms with Crippen molar-refractivity contribution in [2.75, 3.05) is 11.9 Å². The largest absolute Gasteiger partial charge is 0.481 e. The highest BCUT2D eigenvalue weighted by molar-refractivity contribution is 5.67. The van der Waals surface area contributed by atoms with E-state index in [1.54, 1.807) is 0 Å². The van der Waals surface area contributed by atoms with Crippen molar-refractivity contribution >= 4 is 17.7 Å². The average molecular weight is 434 g/mol. The maximum atomic E-state index is 10.9. The topological polar surface area (TPSA) is 97.5 Å². The van der Waals surface area contributed by atoms with E-state index in [4.69, 9.17) is 14.3 Å². The number of carbonyl (C=O) groups is 1. The second-order valence-electron chi connectivity index (χ2n) is 8.76. The molecule has 2 aliphatic rings. The maximum absolute atomic E-state index is 10.9. The number of nitrogens with one attached hydrogen (secondary N) is 1. The van der Waals surface area contributed by atoms with Crippen LogP contribution in [-0.4, -0.2) is 27.9 Å². The van der Waals surface area contributed by atoms with Crippen molar-refractivity contribution in [3.8, 4) is 11.1 Å². The van der Waals surface area contributed by atoms with E-state index in [1.807, 2.05) is 12.1 Å². The number of nitrogens with zero attached hydrogens (tertiary/aromatic N) is 2. The van der Waals surface area contributed by atoms with Gasteiger partial charge in [0.1, 0.15) is 0 Å². The van der Waals surface area contributed by atoms with Crippen LogP contribution in [0.25, 0.3) is 11.1 Å². The van der Waals surface area contributed by atoms with Crippen LogP contribution in [0.2, 0.25) is 0 Å². The number of aromatic nitrogens is 2. The summed E-state index contributed by atoms with van der Waals surface area (Å²) in [5.41, 5.74) is 4.29. The Morgan fingerprint density at radius 3 is 2.28 bits per heavy atom. The number of carboxylic acids is 1. The molecule has 5 rings (SSSR count). The van der Waals surface area contributed by atoms with Crippen molar-refractivity contribution in [2.24, 2.45) is 5.92 Å². The van der Waals surface area contributed by atoms with Crippen LogP contribution in [0.1, 0.15) is 62.0 Å².